The quantitative estimate of drug-likeness (QED) is 0.432. The summed E-state index contributed by atoms with van der Waals surface area (Å²) in [5.74, 6) is 2.94. The molecule has 0 saturated carbocycles. The number of piperidine rings is 1. The smallest absolute Gasteiger partial charge is 0.222 e. The monoisotopic (exact) mass is 441 g/mol. The minimum absolute atomic E-state index is 0.0876. The van der Waals surface area contributed by atoms with Gasteiger partial charge in [-0.2, -0.15) is 0 Å². The summed E-state index contributed by atoms with van der Waals surface area (Å²) < 4.78 is 5.04. The number of hydrogen-bond donors (Lipinski definition) is 3. The number of anilines is 3. The minimum atomic E-state index is -0.0876. The number of amides is 1. The van der Waals surface area contributed by atoms with E-state index in [1.165, 1.54) is 31.7 Å². The van der Waals surface area contributed by atoms with E-state index in [0.29, 0.717) is 12.4 Å². The van der Waals surface area contributed by atoms with Crippen LogP contribution in [0.1, 0.15) is 31.7 Å². The van der Waals surface area contributed by atoms with Gasteiger partial charge >= 0.3 is 0 Å². The van der Waals surface area contributed by atoms with Crippen molar-refractivity contribution in [1.29, 1.82) is 0 Å². The molecule has 9 heteroatoms. The second-order valence-corrected chi connectivity index (χ2v) is 8.19. The van der Waals surface area contributed by atoms with Gasteiger partial charge in [0, 0.05) is 45.9 Å². The maximum atomic E-state index is 11.2. The number of ether oxygens (including phenoxy) is 1. The lowest BCUT2D eigenvalue weighted by Gasteiger charge is -2.32. The Labute approximate surface area is 190 Å². The molecule has 3 rings (SSSR count). The molecule has 0 aliphatic carbocycles. The number of rotatable bonds is 12. The second kappa shape index (κ2) is 12.9. The van der Waals surface area contributed by atoms with Gasteiger partial charge < -0.3 is 25.6 Å². The number of nitrogens with zero attached hydrogens (tertiary/aromatic N) is 4. The molecule has 3 N–H and O–H groups in total. The molecular weight excluding hydrogens is 406 g/mol. The third-order valence-electron chi connectivity index (χ3n) is 5.69. The summed E-state index contributed by atoms with van der Waals surface area (Å²) in [6, 6.07) is 5.95. The molecule has 9 nitrogen and oxygen atoms in total. The van der Waals surface area contributed by atoms with Crippen molar-refractivity contribution < 1.29 is 9.53 Å². The number of carbonyl (C=O) groups is 1. The number of aromatic nitrogens is 3. The topological polar surface area (TPSA) is 104 Å². The van der Waals surface area contributed by atoms with Gasteiger partial charge in [-0.1, -0.05) is 0 Å². The van der Waals surface area contributed by atoms with Gasteiger partial charge in [-0.25, -0.2) is 15.0 Å². The molecule has 2 aromatic rings. The molecule has 0 unspecified atom stereocenters. The SMILES string of the molecule is COCCNc1cc(NCCN2CCC(CCc3ccnc(NC(C)=O)c3)CC2)ncn1. The van der Waals surface area contributed by atoms with Crippen LogP contribution in [0.2, 0.25) is 0 Å². The van der Waals surface area contributed by atoms with E-state index in [9.17, 15) is 4.79 Å². The van der Waals surface area contributed by atoms with Crippen molar-refractivity contribution in [2.75, 3.05) is 62.4 Å². The number of likely N-dealkylation sites (tertiary alicyclic amines) is 1. The molecule has 0 bridgehead atoms. The van der Waals surface area contributed by atoms with E-state index < -0.39 is 0 Å². The summed E-state index contributed by atoms with van der Waals surface area (Å²) in [6.07, 6.45) is 8.00. The predicted octanol–water partition coefficient (Wildman–Crippen LogP) is 2.65. The minimum Gasteiger partial charge on any atom is -0.383 e. The summed E-state index contributed by atoms with van der Waals surface area (Å²) in [7, 11) is 1.68. The van der Waals surface area contributed by atoms with Gasteiger partial charge in [-0.3, -0.25) is 4.79 Å². The average Bonchev–Trinajstić information content (AvgIpc) is 2.79. The van der Waals surface area contributed by atoms with Crippen LogP contribution < -0.4 is 16.0 Å². The van der Waals surface area contributed by atoms with Crippen molar-refractivity contribution in [2.24, 2.45) is 5.92 Å². The third-order valence-corrected chi connectivity index (χ3v) is 5.69. The first-order chi connectivity index (χ1) is 15.6. The van der Waals surface area contributed by atoms with Crippen molar-refractivity contribution in [3.63, 3.8) is 0 Å². The van der Waals surface area contributed by atoms with Crippen molar-refractivity contribution in [2.45, 2.75) is 32.6 Å². The number of aryl methyl sites for hydroxylation is 1. The summed E-state index contributed by atoms with van der Waals surface area (Å²) in [5.41, 5.74) is 1.23. The second-order valence-electron chi connectivity index (χ2n) is 8.19. The Kier molecular flexibility index (Phi) is 9.64. The standard InChI is InChI=1S/C23H35N7O2/c1-18(31)29-23-15-20(5-8-24-23)4-3-19-6-11-30(12-7-19)13-9-25-21-16-22(28-17-27-21)26-10-14-32-2/h5,8,15-17,19H,3-4,6-7,9-14H2,1-2H3,(H,24,29,31)(H2,25,26,27,28). The maximum Gasteiger partial charge on any atom is 0.222 e. The number of pyridine rings is 1. The molecule has 0 aromatic carbocycles. The molecule has 0 spiro atoms. The zero-order valence-electron chi connectivity index (χ0n) is 19.1. The van der Waals surface area contributed by atoms with Gasteiger partial charge in [0.05, 0.1) is 6.61 Å². The van der Waals surface area contributed by atoms with Crippen molar-refractivity contribution >= 4 is 23.4 Å². The highest BCUT2D eigenvalue weighted by atomic mass is 16.5. The first-order valence-electron chi connectivity index (χ1n) is 11.4. The largest absolute Gasteiger partial charge is 0.383 e. The third kappa shape index (κ3) is 8.39. The predicted molar refractivity (Wildman–Crippen MR) is 127 cm³/mol. The molecule has 1 aliphatic rings. The Bertz CT molecular complexity index is 841. The van der Waals surface area contributed by atoms with Crippen LogP contribution in [0.4, 0.5) is 17.5 Å². The van der Waals surface area contributed by atoms with E-state index in [-0.39, 0.29) is 5.91 Å². The van der Waals surface area contributed by atoms with Crippen molar-refractivity contribution in [3.8, 4) is 0 Å². The lowest BCUT2D eigenvalue weighted by Crippen LogP contribution is -2.37. The molecule has 3 heterocycles. The van der Waals surface area contributed by atoms with Gasteiger partial charge in [0.1, 0.15) is 23.8 Å². The van der Waals surface area contributed by atoms with Gasteiger partial charge in [0.25, 0.3) is 0 Å². The Morgan fingerprint density at radius 2 is 1.84 bits per heavy atom. The molecule has 1 fully saturated rings. The lowest BCUT2D eigenvalue weighted by atomic mass is 9.90. The van der Waals surface area contributed by atoms with Gasteiger partial charge in [-0.05, 0) is 62.4 Å². The average molecular weight is 442 g/mol. The molecule has 32 heavy (non-hydrogen) atoms. The number of hydrogen-bond acceptors (Lipinski definition) is 8. The molecule has 1 saturated heterocycles. The van der Waals surface area contributed by atoms with E-state index >= 15 is 0 Å². The fourth-order valence-electron chi connectivity index (χ4n) is 3.92. The molecule has 0 atom stereocenters. The molecule has 0 radical (unpaired) electrons. The fourth-order valence-corrected chi connectivity index (χ4v) is 3.92. The highest BCUT2D eigenvalue weighted by molar-refractivity contribution is 5.87. The van der Waals surface area contributed by atoms with Crippen LogP contribution in [0.25, 0.3) is 0 Å². The molecule has 1 aliphatic heterocycles. The molecular formula is C23H35N7O2. The summed E-state index contributed by atoms with van der Waals surface area (Å²) in [4.78, 5) is 26.4. The highest BCUT2D eigenvalue weighted by Gasteiger charge is 2.18. The van der Waals surface area contributed by atoms with Crippen LogP contribution in [0.15, 0.2) is 30.7 Å². The zero-order chi connectivity index (χ0) is 22.6. The van der Waals surface area contributed by atoms with E-state index in [2.05, 4.69) is 35.8 Å². The Hall–Kier alpha value is -2.78. The molecule has 174 valence electrons. The maximum absolute atomic E-state index is 11.2. The van der Waals surface area contributed by atoms with Crippen LogP contribution in [-0.2, 0) is 16.0 Å². The summed E-state index contributed by atoms with van der Waals surface area (Å²) in [5, 5.41) is 9.37. The number of nitrogens with one attached hydrogen (secondary N) is 3. The number of methoxy groups -OCH3 is 1. The van der Waals surface area contributed by atoms with Crippen LogP contribution in [-0.4, -0.2) is 72.2 Å². The van der Waals surface area contributed by atoms with Crippen LogP contribution in [0.3, 0.4) is 0 Å². The first-order valence-corrected chi connectivity index (χ1v) is 11.4. The van der Waals surface area contributed by atoms with Gasteiger partial charge in [0.2, 0.25) is 5.91 Å². The lowest BCUT2D eigenvalue weighted by molar-refractivity contribution is -0.114. The summed E-state index contributed by atoms with van der Waals surface area (Å²) >= 11 is 0. The fraction of sp³-hybridized carbons (Fsp3) is 0.565. The van der Waals surface area contributed by atoms with Gasteiger partial charge in [-0.15, -0.1) is 0 Å². The highest BCUT2D eigenvalue weighted by Crippen LogP contribution is 2.23. The van der Waals surface area contributed by atoms with E-state index in [4.69, 9.17) is 4.74 Å². The van der Waals surface area contributed by atoms with Crippen molar-refractivity contribution in [1.82, 2.24) is 19.9 Å². The van der Waals surface area contributed by atoms with Crippen molar-refractivity contribution in [3.05, 3.63) is 36.3 Å². The van der Waals surface area contributed by atoms with Gasteiger partial charge in [0.15, 0.2) is 0 Å². The van der Waals surface area contributed by atoms with Crippen LogP contribution >= 0.6 is 0 Å². The Balaban J connectivity index is 1.32. The van der Waals surface area contributed by atoms with E-state index in [1.807, 2.05) is 18.2 Å². The first kappa shape index (κ1) is 23.9. The van der Waals surface area contributed by atoms with E-state index in [1.54, 1.807) is 19.6 Å². The Morgan fingerprint density at radius 3 is 2.56 bits per heavy atom. The van der Waals surface area contributed by atoms with Crippen LogP contribution in [0, 0.1) is 5.92 Å². The van der Waals surface area contributed by atoms with Crippen LogP contribution in [0.5, 0.6) is 0 Å². The molecule has 1 amide bonds. The summed E-state index contributed by atoms with van der Waals surface area (Å²) in [6.45, 7) is 7.00. The molecule has 2 aromatic heterocycles. The Morgan fingerprint density at radius 1 is 1.09 bits per heavy atom. The normalized spacial score (nSPS) is 14.8. The van der Waals surface area contributed by atoms with E-state index in [0.717, 1.165) is 56.7 Å². The number of carbonyl (C=O) groups excluding carboxylic acids is 1. The zero-order valence-corrected chi connectivity index (χ0v) is 19.1.